The van der Waals surface area contributed by atoms with E-state index in [0.29, 0.717) is 24.0 Å². The smallest absolute Gasteiger partial charge is 0.363 e. The lowest BCUT2D eigenvalue weighted by Gasteiger charge is -2.10. The number of esters is 1. The van der Waals surface area contributed by atoms with Crippen molar-refractivity contribution in [3.63, 3.8) is 0 Å². The number of methoxy groups -OCH3 is 1. The second kappa shape index (κ2) is 7.31. The summed E-state index contributed by atoms with van der Waals surface area (Å²) >= 11 is 1.48. The molecule has 0 atom stereocenters. The van der Waals surface area contributed by atoms with E-state index in [0.717, 1.165) is 16.9 Å². The van der Waals surface area contributed by atoms with E-state index in [1.165, 1.54) is 11.3 Å². The lowest BCUT2D eigenvalue weighted by molar-refractivity contribution is -0.129. The van der Waals surface area contributed by atoms with Gasteiger partial charge in [-0.3, -0.25) is 0 Å². The van der Waals surface area contributed by atoms with Crippen LogP contribution in [0.1, 0.15) is 23.8 Å². The first-order valence-corrected chi connectivity index (χ1v) is 8.46. The molecular formula is C18H17NO4S. The van der Waals surface area contributed by atoms with Gasteiger partial charge in [0.2, 0.25) is 5.90 Å². The highest BCUT2D eigenvalue weighted by Gasteiger charge is 2.24. The molecule has 6 heteroatoms. The Balaban J connectivity index is 1.89. The Hall–Kier alpha value is -2.60. The molecule has 1 aliphatic heterocycles. The van der Waals surface area contributed by atoms with Crippen LogP contribution < -0.4 is 9.47 Å². The van der Waals surface area contributed by atoms with Gasteiger partial charge in [-0.2, -0.15) is 0 Å². The van der Waals surface area contributed by atoms with E-state index in [1.54, 1.807) is 13.2 Å². The van der Waals surface area contributed by atoms with Crippen LogP contribution in [0.25, 0.3) is 6.08 Å². The van der Waals surface area contributed by atoms with Crippen LogP contribution in [0.5, 0.6) is 11.5 Å². The van der Waals surface area contributed by atoms with Crippen LogP contribution in [0.15, 0.2) is 46.4 Å². The van der Waals surface area contributed by atoms with Gasteiger partial charge in [-0.05, 0) is 41.6 Å². The average molecular weight is 343 g/mol. The molecule has 0 aliphatic carbocycles. The number of thiophene rings is 1. The predicted molar refractivity (Wildman–Crippen MR) is 93.7 cm³/mol. The molecular weight excluding hydrogens is 326 g/mol. The number of hydrogen-bond acceptors (Lipinski definition) is 6. The summed E-state index contributed by atoms with van der Waals surface area (Å²) in [5.41, 5.74) is 1.06. The first-order valence-electron chi connectivity index (χ1n) is 7.58. The average Bonchev–Trinajstić information content (AvgIpc) is 3.23. The molecule has 2 aromatic rings. The number of cyclic esters (lactones) is 1. The van der Waals surface area contributed by atoms with Gasteiger partial charge in [0, 0.05) is 0 Å². The van der Waals surface area contributed by atoms with E-state index in [4.69, 9.17) is 14.2 Å². The van der Waals surface area contributed by atoms with Crippen LogP contribution in [-0.4, -0.2) is 25.6 Å². The highest BCUT2D eigenvalue weighted by atomic mass is 32.1. The minimum atomic E-state index is -0.453. The fourth-order valence-electron chi connectivity index (χ4n) is 2.18. The minimum Gasteiger partial charge on any atom is -0.493 e. The Morgan fingerprint density at radius 3 is 2.88 bits per heavy atom. The molecule has 5 nitrogen and oxygen atoms in total. The number of nitrogens with zero attached hydrogens (tertiary/aromatic N) is 1. The zero-order valence-corrected chi connectivity index (χ0v) is 14.3. The summed E-state index contributed by atoms with van der Waals surface area (Å²) in [4.78, 5) is 17.1. The van der Waals surface area contributed by atoms with Crippen LogP contribution in [0.4, 0.5) is 0 Å². The van der Waals surface area contributed by atoms with E-state index in [-0.39, 0.29) is 5.70 Å². The van der Waals surface area contributed by atoms with Crippen molar-refractivity contribution in [3.8, 4) is 11.5 Å². The molecule has 124 valence electrons. The topological polar surface area (TPSA) is 57.1 Å². The fourth-order valence-corrected chi connectivity index (χ4v) is 2.83. The Kier molecular flexibility index (Phi) is 4.96. The van der Waals surface area contributed by atoms with Crippen molar-refractivity contribution in [2.45, 2.75) is 13.3 Å². The predicted octanol–water partition coefficient (Wildman–Crippen LogP) is 3.89. The molecule has 0 unspecified atom stereocenters. The third kappa shape index (κ3) is 3.49. The largest absolute Gasteiger partial charge is 0.493 e. The third-order valence-corrected chi connectivity index (χ3v) is 4.16. The highest BCUT2D eigenvalue weighted by Crippen LogP contribution is 2.30. The van der Waals surface area contributed by atoms with E-state index < -0.39 is 5.97 Å². The van der Waals surface area contributed by atoms with Crippen molar-refractivity contribution < 1.29 is 19.0 Å². The molecule has 2 heterocycles. The molecule has 1 aliphatic rings. The SMILES string of the molecule is CCCOc1cc(C=C2N=C(c3cccs3)OC2=O)ccc1OC. The summed E-state index contributed by atoms with van der Waals surface area (Å²) in [6, 6.07) is 9.23. The molecule has 1 aromatic heterocycles. The van der Waals surface area contributed by atoms with Gasteiger partial charge in [0.15, 0.2) is 17.2 Å². The van der Waals surface area contributed by atoms with Crippen LogP contribution in [0.2, 0.25) is 0 Å². The number of carbonyl (C=O) groups excluding carboxylic acids is 1. The molecule has 0 fully saturated rings. The molecule has 3 rings (SSSR count). The van der Waals surface area contributed by atoms with Crippen molar-refractivity contribution in [2.24, 2.45) is 4.99 Å². The quantitative estimate of drug-likeness (QED) is 0.590. The number of ether oxygens (including phenoxy) is 3. The Labute approximate surface area is 144 Å². The van der Waals surface area contributed by atoms with Crippen molar-refractivity contribution in [1.82, 2.24) is 0 Å². The molecule has 0 bridgehead atoms. The lowest BCUT2D eigenvalue weighted by atomic mass is 10.1. The van der Waals surface area contributed by atoms with E-state index >= 15 is 0 Å². The maximum Gasteiger partial charge on any atom is 0.363 e. The van der Waals surface area contributed by atoms with Gasteiger partial charge >= 0.3 is 5.97 Å². The fraction of sp³-hybridized carbons (Fsp3) is 0.222. The normalized spacial score (nSPS) is 15.3. The summed E-state index contributed by atoms with van der Waals surface area (Å²) < 4.78 is 16.2. The third-order valence-electron chi connectivity index (χ3n) is 3.31. The monoisotopic (exact) mass is 343 g/mol. The lowest BCUT2D eigenvalue weighted by Crippen LogP contribution is -2.03. The molecule has 1 aromatic carbocycles. The van der Waals surface area contributed by atoms with Crippen molar-refractivity contribution in [2.75, 3.05) is 13.7 Å². The van der Waals surface area contributed by atoms with Gasteiger partial charge in [0.05, 0.1) is 18.6 Å². The summed E-state index contributed by atoms with van der Waals surface area (Å²) in [5, 5.41) is 1.91. The Bertz CT molecular complexity index is 793. The number of carbonyl (C=O) groups is 1. The van der Waals surface area contributed by atoms with Gasteiger partial charge in [0.1, 0.15) is 0 Å². The highest BCUT2D eigenvalue weighted by molar-refractivity contribution is 7.12. The number of aliphatic imine (C=N–C) groups is 1. The Morgan fingerprint density at radius 2 is 2.17 bits per heavy atom. The molecule has 0 spiro atoms. The second-order valence-corrected chi connectivity index (χ2v) is 6.02. The molecule has 0 saturated carbocycles. The van der Waals surface area contributed by atoms with E-state index in [1.807, 2.05) is 42.6 Å². The summed E-state index contributed by atoms with van der Waals surface area (Å²) in [6.45, 7) is 2.63. The molecule has 0 radical (unpaired) electrons. The molecule has 0 saturated heterocycles. The Morgan fingerprint density at radius 1 is 1.29 bits per heavy atom. The summed E-state index contributed by atoms with van der Waals surface area (Å²) in [5.74, 6) is 1.19. The maximum absolute atomic E-state index is 12.0. The van der Waals surface area contributed by atoms with Crippen molar-refractivity contribution in [3.05, 3.63) is 51.8 Å². The van der Waals surface area contributed by atoms with E-state index in [9.17, 15) is 4.79 Å². The first kappa shape index (κ1) is 16.3. The zero-order valence-electron chi connectivity index (χ0n) is 13.4. The van der Waals surface area contributed by atoms with Crippen LogP contribution in [-0.2, 0) is 9.53 Å². The minimum absolute atomic E-state index is 0.269. The van der Waals surface area contributed by atoms with Crippen LogP contribution in [0.3, 0.4) is 0 Å². The van der Waals surface area contributed by atoms with Gasteiger partial charge in [-0.25, -0.2) is 9.79 Å². The standard InChI is InChI=1S/C18H17NO4S/c1-3-8-22-15-11-12(6-7-14(15)21-2)10-13-18(20)23-17(19-13)16-5-4-9-24-16/h4-7,9-11H,3,8H2,1-2H3. The number of benzene rings is 1. The second-order valence-electron chi connectivity index (χ2n) is 5.07. The molecule has 0 amide bonds. The van der Waals surface area contributed by atoms with Gasteiger partial charge in [-0.15, -0.1) is 11.3 Å². The first-order chi connectivity index (χ1) is 11.7. The van der Waals surface area contributed by atoms with Gasteiger partial charge in [0.25, 0.3) is 0 Å². The van der Waals surface area contributed by atoms with Crippen molar-refractivity contribution in [1.29, 1.82) is 0 Å². The van der Waals surface area contributed by atoms with Gasteiger partial charge < -0.3 is 14.2 Å². The maximum atomic E-state index is 12.0. The molecule has 0 N–H and O–H groups in total. The molecule has 24 heavy (non-hydrogen) atoms. The zero-order chi connectivity index (χ0) is 16.9. The summed E-state index contributed by atoms with van der Waals surface area (Å²) in [7, 11) is 1.60. The van der Waals surface area contributed by atoms with Crippen LogP contribution >= 0.6 is 11.3 Å². The van der Waals surface area contributed by atoms with Crippen LogP contribution in [0, 0.1) is 0 Å². The number of rotatable bonds is 6. The van der Waals surface area contributed by atoms with Gasteiger partial charge in [-0.1, -0.05) is 19.1 Å². The van der Waals surface area contributed by atoms with Crippen molar-refractivity contribution >= 4 is 29.3 Å². The van der Waals surface area contributed by atoms with E-state index in [2.05, 4.69) is 4.99 Å². The summed E-state index contributed by atoms with van der Waals surface area (Å²) in [6.07, 6.45) is 2.58. The number of hydrogen-bond donors (Lipinski definition) is 0.